The summed E-state index contributed by atoms with van der Waals surface area (Å²) in [5.41, 5.74) is 8.76. The first-order valence-electron chi connectivity index (χ1n) is 6.14. The Labute approximate surface area is 122 Å². The molecule has 0 aliphatic heterocycles. The quantitative estimate of drug-likeness (QED) is 0.837. The normalized spacial score (nSPS) is 10.3. The lowest BCUT2D eigenvalue weighted by Crippen LogP contribution is -2.15. The van der Waals surface area contributed by atoms with Crippen molar-refractivity contribution >= 4 is 28.8 Å². The summed E-state index contributed by atoms with van der Waals surface area (Å²) >= 11 is 4.89. The molecule has 2 aromatic rings. The molecule has 0 fully saturated rings. The summed E-state index contributed by atoms with van der Waals surface area (Å²) in [4.78, 5) is 12.3. The van der Waals surface area contributed by atoms with E-state index in [1.54, 1.807) is 10.9 Å². The Balaban J connectivity index is 2.01. The molecule has 0 atom stereocenters. The number of rotatable bonds is 4. The number of aryl methyl sites for hydroxylation is 2. The molecule has 0 radical (unpaired) electrons. The standard InChI is InChI=1S/C14H16N4OS/c1-9-12(8-18(2)17-9)16-13(19)7-10-3-5-11(6-4-10)14(15)20/h3-6,8H,7H2,1-2H3,(H2,15,20)(H,16,19). The van der Waals surface area contributed by atoms with Crippen LogP contribution in [0.25, 0.3) is 0 Å². The summed E-state index contributed by atoms with van der Waals surface area (Å²) < 4.78 is 1.67. The molecule has 0 unspecified atom stereocenters. The van der Waals surface area contributed by atoms with E-state index in [2.05, 4.69) is 10.4 Å². The van der Waals surface area contributed by atoms with Crippen LogP contribution in [0.15, 0.2) is 30.5 Å². The Kier molecular flexibility index (Phi) is 4.14. The topological polar surface area (TPSA) is 72.9 Å². The third-order valence-corrected chi connectivity index (χ3v) is 3.13. The zero-order valence-electron chi connectivity index (χ0n) is 11.4. The van der Waals surface area contributed by atoms with Crippen LogP contribution in [0.1, 0.15) is 16.8 Å². The number of benzene rings is 1. The number of hydrogen-bond donors (Lipinski definition) is 2. The van der Waals surface area contributed by atoms with Gasteiger partial charge in [0.15, 0.2) is 0 Å². The molecule has 0 saturated heterocycles. The molecule has 1 aromatic carbocycles. The predicted octanol–water partition coefficient (Wildman–Crippen LogP) is 1.54. The molecule has 0 saturated carbocycles. The van der Waals surface area contributed by atoms with E-state index in [0.717, 1.165) is 22.5 Å². The van der Waals surface area contributed by atoms with Crippen LogP contribution in [-0.4, -0.2) is 20.7 Å². The van der Waals surface area contributed by atoms with Crippen LogP contribution < -0.4 is 11.1 Å². The van der Waals surface area contributed by atoms with Crippen LogP contribution in [0.2, 0.25) is 0 Å². The summed E-state index contributed by atoms with van der Waals surface area (Å²) in [7, 11) is 1.82. The summed E-state index contributed by atoms with van der Waals surface area (Å²) in [6.45, 7) is 1.85. The molecule has 0 spiro atoms. The van der Waals surface area contributed by atoms with E-state index in [1.807, 2.05) is 38.2 Å². The maximum atomic E-state index is 12.0. The Morgan fingerprint density at radius 2 is 2.05 bits per heavy atom. The van der Waals surface area contributed by atoms with E-state index in [-0.39, 0.29) is 5.91 Å². The van der Waals surface area contributed by atoms with E-state index in [9.17, 15) is 4.79 Å². The Morgan fingerprint density at radius 3 is 2.55 bits per heavy atom. The number of anilines is 1. The highest BCUT2D eigenvalue weighted by molar-refractivity contribution is 7.80. The van der Waals surface area contributed by atoms with Gasteiger partial charge in [-0.2, -0.15) is 5.10 Å². The van der Waals surface area contributed by atoms with Gasteiger partial charge in [-0.1, -0.05) is 36.5 Å². The van der Waals surface area contributed by atoms with E-state index < -0.39 is 0 Å². The third kappa shape index (κ3) is 3.42. The van der Waals surface area contributed by atoms with Crippen LogP contribution in [-0.2, 0) is 18.3 Å². The predicted molar refractivity (Wildman–Crippen MR) is 82.6 cm³/mol. The Bertz CT molecular complexity index is 646. The molecule has 1 aromatic heterocycles. The molecule has 3 N–H and O–H groups in total. The smallest absolute Gasteiger partial charge is 0.228 e. The molecule has 0 bridgehead atoms. The van der Waals surface area contributed by atoms with Crippen molar-refractivity contribution in [3.05, 3.63) is 47.3 Å². The SMILES string of the molecule is Cc1nn(C)cc1NC(=O)Cc1ccc(C(N)=S)cc1. The first-order chi connectivity index (χ1) is 9.45. The molecule has 1 amide bonds. The van der Waals surface area contributed by atoms with Gasteiger partial charge in [0.25, 0.3) is 0 Å². The maximum Gasteiger partial charge on any atom is 0.228 e. The number of carbonyl (C=O) groups excluding carboxylic acids is 1. The number of thiocarbonyl (C=S) groups is 1. The van der Waals surface area contributed by atoms with Gasteiger partial charge in [0, 0.05) is 18.8 Å². The van der Waals surface area contributed by atoms with Gasteiger partial charge in [-0.3, -0.25) is 9.48 Å². The lowest BCUT2D eigenvalue weighted by Gasteiger charge is -2.05. The van der Waals surface area contributed by atoms with Gasteiger partial charge in [-0.15, -0.1) is 0 Å². The van der Waals surface area contributed by atoms with Crippen molar-refractivity contribution < 1.29 is 4.79 Å². The van der Waals surface area contributed by atoms with Crippen molar-refractivity contribution in [1.82, 2.24) is 9.78 Å². The van der Waals surface area contributed by atoms with Gasteiger partial charge in [0.1, 0.15) is 4.99 Å². The molecule has 104 valence electrons. The summed E-state index contributed by atoms with van der Waals surface area (Å²) in [6.07, 6.45) is 2.08. The second-order valence-corrected chi connectivity index (χ2v) is 5.03. The first kappa shape index (κ1) is 14.2. The highest BCUT2D eigenvalue weighted by atomic mass is 32.1. The van der Waals surface area contributed by atoms with Crippen molar-refractivity contribution in [3.8, 4) is 0 Å². The van der Waals surface area contributed by atoms with Crippen molar-refractivity contribution in [3.63, 3.8) is 0 Å². The van der Waals surface area contributed by atoms with Gasteiger partial charge < -0.3 is 11.1 Å². The first-order valence-corrected chi connectivity index (χ1v) is 6.55. The Morgan fingerprint density at radius 1 is 1.40 bits per heavy atom. The molecule has 1 heterocycles. The number of amides is 1. The number of carbonyl (C=O) groups is 1. The van der Waals surface area contributed by atoms with Crippen molar-refractivity contribution in [1.29, 1.82) is 0 Å². The highest BCUT2D eigenvalue weighted by Crippen LogP contribution is 2.12. The summed E-state index contributed by atoms with van der Waals surface area (Å²) in [6, 6.07) is 7.34. The summed E-state index contributed by atoms with van der Waals surface area (Å²) in [5, 5.41) is 7.02. The molecule has 6 heteroatoms. The molecule has 2 rings (SSSR count). The number of aromatic nitrogens is 2. The van der Waals surface area contributed by atoms with Crippen LogP contribution >= 0.6 is 12.2 Å². The zero-order valence-corrected chi connectivity index (χ0v) is 12.2. The summed E-state index contributed by atoms with van der Waals surface area (Å²) in [5.74, 6) is -0.0795. The van der Waals surface area contributed by atoms with Crippen molar-refractivity contribution in [2.75, 3.05) is 5.32 Å². The van der Waals surface area contributed by atoms with Gasteiger partial charge >= 0.3 is 0 Å². The molecular weight excluding hydrogens is 272 g/mol. The fourth-order valence-electron chi connectivity index (χ4n) is 1.89. The highest BCUT2D eigenvalue weighted by Gasteiger charge is 2.08. The minimum atomic E-state index is -0.0795. The number of nitrogens with one attached hydrogen (secondary N) is 1. The van der Waals surface area contributed by atoms with E-state index in [4.69, 9.17) is 18.0 Å². The van der Waals surface area contributed by atoms with Gasteiger partial charge in [0.05, 0.1) is 17.8 Å². The fraction of sp³-hybridized carbons (Fsp3) is 0.214. The van der Waals surface area contributed by atoms with Crippen LogP contribution in [0, 0.1) is 6.92 Å². The van der Waals surface area contributed by atoms with Gasteiger partial charge in [-0.25, -0.2) is 0 Å². The van der Waals surface area contributed by atoms with Gasteiger partial charge in [-0.05, 0) is 12.5 Å². The molecule has 20 heavy (non-hydrogen) atoms. The zero-order chi connectivity index (χ0) is 14.7. The number of nitrogens with two attached hydrogens (primary N) is 1. The Hall–Kier alpha value is -2.21. The lowest BCUT2D eigenvalue weighted by atomic mass is 10.1. The average molecular weight is 288 g/mol. The maximum absolute atomic E-state index is 12.0. The fourth-order valence-corrected chi connectivity index (χ4v) is 2.03. The molecule has 0 aliphatic carbocycles. The second-order valence-electron chi connectivity index (χ2n) is 4.59. The molecular formula is C14H16N4OS. The van der Waals surface area contributed by atoms with Crippen LogP contribution in [0.4, 0.5) is 5.69 Å². The average Bonchev–Trinajstić information content (AvgIpc) is 2.68. The lowest BCUT2D eigenvalue weighted by molar-refractivity contribution is -0.115. The van der Waals surface area contributed by atoms with Crippen molar-refractivity contribution in [2.45, 2.75) is 13.3 Å². The molecule has 5 nitrogen and oxygen atoms in total. The van der Waals surface area contributed by atoms with E-state index in [1.165, 1.54) is 0 Å². The monoisotopic (exact) mass is 288 g/mol. The van der Waals surface area contributed by atoms with Crippen LogP contribution in [0.5, 0.6) is 0 Å². The number of nitrogens with zero attached hydrogens (tertiary/aromatic N) is 2. The van der Waals surface area contributed by atoms with E-state index >= 15 is 0 Å². The third-order valence-electron chi connectivity index (χ3n) is 2.89. The van der Waals surface area contributed by atoms with Crippen LogP contribution in [0.3, 0.4) is 0 Å². The van der Waals surface area contributed by atoms with Gasteiger partial charge in [0.2, 0.25) is 5.91 Å². The second kappa shape index (κ2) is 5.83. The van der Waals surface area contributed by atoms with E-state index in [0.29, 0.717) is 11.4 Å². The largest absolute Gasteiger partial charge is 0.389 e. The minimum Gasteiger partial charge on any atom is -0.389 e. The minimum absolute atomic E-state index is 0.0795. The molecule has 0 aliphatic rings. The number of hydrogen-bond acceptors (Lipinski definition) is 3. The van der Waals surface area contributed by atoms with Crippen molar-refractivity contribution in [2.24, 2.45) is 12.8 Å².